The topological polar surface area (TPSA) is 21.1 Å². The summed E-state index contributed by atoms with van der Waals surface area (Å²) in [6.07, 6.45) is 11.3. The summed E-state index contributed by atoms with van der Waals surface area (Å²) in [7, 11) is 0. The predicted molar refractivity (Wildman–Crippen MR) is 64.3 cm³/mol. The van der Waals surface area contributed by atoms with Crippen LogP contribution in [0.1, 0.15) is 38.1 Å². The summed E-state index contributed by atoms with van der Waals surface area (Å²) >= 11 is 0. The Morgan fingerprint density at radius 3 is 2.62 bits per heavy atom. The fourth-order valence-corrected chi connectivity index (χ4v) is 3.09. The molecule has 1 saturated heterocycles. The Hall–Kier alpha value is -0.830. The van der Waals surface area contributed by atoms with Crippen molar-refractivity contribution in [2.24, 2.45) is 5.92 Å². The second-order valence-corrected chi connectivity index (χ2v) is 5.36. The SMILES string of the molecule is c1cnn(C2CN(CC3CCCCC3)C2)c1. The van der Waals surface area contributed by atoms with Crippen LogP contribution in [0.2, 0.25) is 0 Å². The Balaban J connectivity index is 1.43. The zero-order valence-corrected chi connectivity index (χ0v) is 9.89. The minimum atomic E-state index is 0.638. The maximum absolute atomic E-state index is 4.31. The first kappa shape index (κ1) is 10.3. The van der Waals surface area contributed by atoms with E-state index >= 15 is 0 Å². The molecule has 0 atom stereocenters. The fourth-order valence-electron chi connectivity index (χ4n) is 3.09. The normalized spacial score (nSPS) is 24.5. The smallest absolute Gasteiger partial charge is 0.0772 e. The van der Waals surface area contributed by atoms with E-state index in [1.54, 1.807) is 0 Å². The van der Waals surface area contributed by atoms with Crippen molar-refractivity contribution in [2.45, 2.75) is 38.1 Å². The van der Waals surface area contributed by atoms with E-state index in [0.29, 0.717) is 6.04 Å². The summed E-state index contributed by atoms with van der Waals surface area (Å²) < 4.78 is 2.11. The van der Waals surface area contributed by atoms with Gasteiger partial charge in [0, 0.05) is 32.0 Å². The van der Waals surface area contributed by atoms with Crippen LogP contribution < -0.4 is 0 Å². The monoisotopic (exact) mass is 219 g/mol. The molecule has 88 valence electrons. The van der Waals surface area contributed by atoms with Crippen molar-refractivity contribution in [1.82, 2.24) is 14.7 Å². The molecule has 1 aromatic rings. The first-order valence-corrected chi connectivity index (χ1v) is 6.63. The Labute approximate surface area is 97.4 Å². The molecule has 16 heavy (non-hydrogen) atoms. The fraction of sp³-hybridized carbons (Fsp3) is 0.769. The second kappa shape index (κ2) is 4.58. The highest BCUT2D eigenvalue weighted by Gasteiger charge is 2.30. The number of aromatic nitrogens is 2. The Bertz CT molecular complexity index is 308. The van der Waals surface area contributed by atoms with E-state index in [9.17, 15) is 0 Å². The zero-order valence-electron chi connectivity index (χ0n) is 9.89. The number of rotatable bonds is 3. The van der Waals surface area contributed by atoms with Gasteiger partial charge >= 0.3 is 0 Å². The second-order valence-electron chi connectivity index (χ2n) is 5.36. The van der Waals surface area contributed by atoms with Gasteiger partial charge in [-0.1, -0.05) is 19.3 Å². The molecule has 3 heteroatoms. The van der Waals surface area contributed by atoms with Crippen LogP contribution in [0.25, 0.3) is 0 Å². The average Bonchev–Trinajstić information content (AvgIpc) is 2.77. The number of likely N-dealkylation sites (tertiary alicyclic amines) is 1. The Morgan fingerprint density at radius 2 is 1.94 bits per heavy atom. The van der Waals surface area contributed by atoms with Crippen LogP contribution in [0.3, 0.4) is 0 Å². The zero-order chi connectivity index (χ0) is 10.8. The van der Waals surface area contributed by atoms with Crippen LogP contribution in [0.15, 0.2) is 18.5 Å². The van der Waals surface area contributed by atoms with Crippen molar-refractivity contribution < 1.29 is 0 Å². The Kier molecular flexibility index (Phi) is 2.96. The molecule has 1 aliphatic heterocycles. The summed E-state index contributed by atoms with van der Waals surface area (Å²) in [5, 5.41) is 4.31. The maximum atomic E-state index is 4.31. The molecular formula is C13H21N3. The van der Waals surface area contributed by atoms with Gasteiger partial charge in [0.15, 0.2) is 0 Å². The predicted octanol–water partition coefficient (Wildman–Crippen LogP) is 2.32. The molecule has 3 rings (SSSR count). The van der Waals surface area contributed by atoms with Crippen LogP contribution in [-0.4, -0.2) is 34.3 Å². The van der Waals surface area contributed by atoms with Gasteiger partial charge in [-0.2, -0.15) is 5.10 Å². The lowest BCUT2D eigenvalue weighted by molar-refractivity contribution is 0.0725. The largest absolute Gasteiger partial charge is 0.299 e. The molecule has 1 aliphatic carbocycles. The van der Waals surface area contributed by atoms with Gasteiger partial charge in [-0.3, -0.25) is 9.58 Å². The van der Waals surface area contributed by atoms with E-state index in [0.717, 1.165) is 5.92 Å². The van der Waals surface area contributed by atoms with E-state index in [4.69, 9.17) is 0 Å². The molecule has 2 heterocycles. The van der Waals surface area contributed by atoms with Gasteiger partial charge < -0.3 is 0 Å². The summed E-state index contributed by atoms with van der Waals surface area (Å²) in [5.41, 5.74) is 0. The average molecular weight is 219 g/mol. The highest BCUT2D eigenvalue weighted by atomic mass is 15.4. The van der Waals surface area contributed by atoms with Crippen molar-refractivity contribution in [1.29, 1.82) is 0 Å². The van der Waals surface area contributed by atoms with Gasteiger partial charge in [-0.15, -0.1) is 0 Å². The number of hydrogen-bond donors (Lipinski definition) is 0. The van der Waals surface area contributed by atoms with Crippen molar-refractivity contribution in [3.63, 3.8) is 0 Å². The minimum absolute atomic E-state index is 0.638. The van der Waals surface area contributed by atoms with Gasteiger partial charge in [0.1, 0.15) is 0 Å². The third-order valence-corrected chi connectivity index (χ3v) is 4.08. The van der Waals surface area contributed by atoms with E-state index in [1.807, 2.05) is 12.3 Å². The van der Waals surface area contributed by atoms with Crippen LogP contribution in [0, 0.1) is 5.92 Å². The first-order chi connectivity index (χ1) is 7.92. The molecule has 0 amide bonds. The summed E-state index contributed by atoms with van der Waals surface area (Å²) in [4.78, 5) is 2.60. The van der Waals surface area contributed by atoms with Crippen LogP contribution in [-0.2, 0) is 0 Å². The third kappa shape index (κ3) is 2.14. The highest BCUT2D eigenvalue weighted by molar-refractivity contribution is 4.90. The molecule has 0 radical (unpaired) electrons. The lowest BCUT2D eigenvalue weighted by atomic mass is 9.88. The van der Waals surface area contributed by atoms with Gasteiger partial charge in [0.25, 0.3) is 0 Å². The maximum Gasteiger partial charge on any atom is 0.0772 e. The van der Waals surface area contributed by atoms with Crippen molar-refractivity contribution in [2.75, 3.05) is 19.6 Å². The van der Waals surface area contributed by atoms with Crippen LogP contribution in [0.4, 0.5) is 0 Å². The minimum Gasteiger partial charge on any atom is -0.299 e. The van der Waals surface area contributed by atoms with Gasteiger partial charge in [0.05, 0.1) is 6.04 Å². The van der Waals surface area contributed by atoms with Gasteiger partial charge in [-0.05, 0) is 24.8 Å². The van der Waals surface area contributed by atoms with E-state index in [1.165, 1.54) is 51.7 Å². The molecular weight excluding hydrogens is 198 g/mol. The molecule has 0 bridgehead atoms. The van der Waals surface area contributed by atoms with Crippen LogP contribution >= 0.6 is 0 Å². The lowest BCUT2D eigenvalue weighted by Gasteiger charge is -2.41. The first-order valence-electron chi connectivity index (χ1n) is 6.63. The molecule has 0 spiro atoms. The number of nitrogens with zero attached hydrogens (tertiary/aromatic N) is 3. The van der Waals surface area contributed by atoms with Crippen molar-refractivity contribution >= 4 is 0 Å². The van der Waals surface area contributed by atoms with E-state index in [2.05, 4.69) is 20.9 Å². The molecule has 0 aromatic carbocycles. The number of hydrogen-bond acceptors (Lipinski definition) is 2. The van der Waals surface area contributed by atoms with Crippen molar-refractivity contribution in [3.8, 4) is 0 Å². The van der Waals surface area contributed by atoms with E-state index < -0.39 is 0 Å². The van der Waals surface area contributed by atoms with Crippen molar-refractivity contribution in [3.05, 3.63) is 18.5 Å². The quantitative estimate of drug-likeness (QED) is 0.778. The lowest BCUT2D eigenvalue weighted by Crippen LogP contribution is -2.49. The summed E-state index contributed by atoms with van der Waals surface area (Å²) in [6.45, 7) is 3.74. The standard InChI is InChI=1S/C13H21N3/c1-2-5-12(6-3-1)9-15-10-13(11-15)16-8-4-7-14-16/h4,7-8,12-13H,1-3,5-6,9-11H2. The van der Waals surface area contributed by atoms with Crippen LogP contribution in [0.5, 0.6) is 0 Å². The van der Waals surface area contributed by atoms with Gasteiger partial charge in [-0.25, -0.2) is 0 Å². The molecule has 1 saturated carbocycles. The summed E-state index contributed by atoms with van der Waals surface area (Å²) in [6, 6.07) is 2.66. The molecule has 3 nitrogen and oxygen atoms in total. The third-order valence-electron chi connectivity index (χ3n) is 4.08. The van der Waals surface area contributed by atoms with E-state index in [-0.39, 0.29) is 0 Å². The van der Waals surface area contributed by atoms with Gasteiger partial charge in [0.2, 0.25) is 0 Å². The molecule has 2 aliphatic rings. The molecule has 1 aromatic heterocycles. The Morgan fingerprint density at radius 1 is 1.12 bits per heavy atom. The molecule has 0 unspecified atom stereocenters. The summed E-state index contributed by atoms with van der Waals surface area (Å²) in [5.74, 6) is 0.979. The molecule has 0 N–H and O–H groups in total. The highest BCUT2D eigenvalue weighted by Crippen LogP contribution is 2.28. The molecule has 2 fully saturated rings.